The molecule has 1 rings (SSSR count). The van der Waals surface area contributed by atoms with Crippen LogP contribution in [-0.4, -0.2) is 56.9 Å². The number of amides is 1. The molecule has 0 aliphatic carbocycles. The fourth-order valence-corrected chi connectivity index (χ4v) is 3.72. The molecule has 0 saturated carbocycles. The van der Waals surface area contributed by atoms with Gasteiger partial charge in [0, 0.05) is 25.6 Å². The quantitative estimate of drug-likeness (QED) is 0.712. The molecule has 7 heteroatoms. The van der Waals surface area contributed by atoms with Crippen LogP contribution in [-0.2, 0) is 14.6 Å². The summed E-state index contributed by atoms with van der Waals surface area (Å²) < 4.78 is 22.8. The first-order valence-corrected chi connectivity index (χ1v) is 7.57. The van der Waals surface area contributed by atoms with E-state index in [0.717, 1.165) is 0 Å². The third-order valence-corrected chi connectivity index (χ3v) is 4.63. The number of nitrogens with one attached hydrogen (secondary N) is 1. The molecule has 1 aliphatic heterocycles. The van der Waals surface area contributed by atoms with E-state index in [2.05, 4.69) is 11.9 Å². The van der Waals surface area contributed by atoms with Crippen molar-refractivity contribution in [3.63, 3.8) is 0 Å². The van der Waals surface area contributed by atoms with E-state index in [-0.39, 0.29) is 35.9 Å². The number of nitrogens with zero attached hydrogens (tertiary/aromatic N) is 1. The van der Waals surface area contributed by atoms with Crippen molar-refractivity contribution in [2.24, 2.45) is 0 Å². The third kappa shape index (κ3) is 4.96. The van der Waals surface area contributed by atoms with Crippen LogP contribution in [0.4, 0.5) is 0 Å². The molecule has 0 aromatic heterocycles. The second kappa shape index (κ2) is 7.76. The summed E-state index contributed by atoms with van der Waals surface area (Å²) in [5.41, 5.74) is 0. The van der Waals surface area contributed by atoms with Crippen LogP contribution >= 0.6 is 12.4 Å². The van der Waals surface area contributed by atoms with Crippen LogP contribution < -0.4 is 5.32 Å². The first-order chi connectivity index (χ1) is 8.00. The Morgan fingerprint density at radius 3 is 2.67 bits per heavy atom. The highest BCUT2D eigenvalue weighted by Gasteiger charge is 2.33. The number of carbonyl (C=O) groups is 1. The molecule has 18 heavy (non-hydrogen) atoms. The standard InChI is InChI=1S/C11H20N2O3S.ClH/c1-3-7-13(11(14)4-6-12-2)10-5-8-17(15,16)9-10;/h3,10,12H,1,4-9H2,2H3;1H. The summed E-state index contributed by atoms with van der Waals surface area (Å²) in [5.74, 6) is 0.262. The van der Waals surface area contributed by atoms with E-state index in [1.165, 1.54) is 0 Å². The molecule has 0 aromatic rings. The normalized spacial score (nSPS) is 21.1. The van der Waals surface area contributed by atoms with Crippen molar-refractivity contribution in [1.29, 1.82) is 0 Å². The number of rotatable bonds is 6. The average molecular weight is 297 g/mol. The van der Waals surface area contributed by atoms with Crippen LogP contribution in [0.3, 0.4) is 0 Å². The van der Waals surface area contributed by atoms with Crippen molar-refractivity contribution < 1.29 is 13.2 Å². The van der Waals surface area contributed by atoms with Crippen molar-refractivity contribution in [3.05, 3.63) is 12.7 Å². The summed E-state index contributed by atoms with van der Waals surface area (Å²) in [4.78, 5) is 13.6. The monoisotopic (exact) mass is 296 g/mol. The van der Waals surface area contributed by atoms with E-state index in [9.17, 15) is 13.2 Å². The number of hydrogen-bond donors (Lipinski definition) is 1. The molecule has 1 N–H and O–H groups in total. The minimum atomic E-state index is -2.96. The third-order valence-electron chi connectivity index (χ3n) is 2.88. The zero-order chi connectivity index (χ0) is 12.9. The van der Waals surface area contributed by atoms with Gasteiger partial charge in [0.15, 0.2) is 9.84 Å². The van der Waals surface area contributed by atoms with Gasteiger partial charge in [0.05, 0.1) is 11.5 Å². The van der Waals surface area contributed by atoms with Crippen LogP contribution in [0.1, 0.15) is 12.8 Å². The Labute approximate surface area is 115 Å². The molecule has 106 valence electrons. The van der Waals surface area contributed by atoms with E-state index in [1.54, 1.807) is 18.0 Å². The zero-order valence-electron chi connectivity index (χ0n) is 10.6. The van der Waals surface area contributed by atoms with E-state index < -0.39 is 9.84 Å². The first kappa shape index (κ1) is 17.4. The highest BCUT2D eigenvalue weighted by atomic mass is 35.5. The van der Waals surface area contributed by atoms with Gasteiger partial charge in [0.1, 0.15) is 0 Å². The number of carbonyl (C=O) groups excluding carboxylic acids is 1. The summed E-state index contributed by atoms with van der Waals surface area (Å²) in [6.07, 6.45) is 2.57. The smallest absolute Gasteiger partial charge is 0.224 e. The Bertz CT molecular complexity index is 384. The molecule has 0 radical (unpaired) electrons. The van der Waals surface area contributed by atoms with Crippen LogP contribution in [0.5, 0.6) is 0 Å². The van der Waals surface area contributed by atoms with Gasteiger partial charge in [-0.15, -0.1) is 19.0 Å². The largest absolute Gasteiger partial charge is 0.335 e. The molecule has 0 aromatic carbocycles. The maximum Gasteiger partial charge on any atom is 0.224 e. The van der Waals surface area contributed by atoms with E-state index in [1.807, 2.05) is 0 Å². The maximum absolute atomic E-state index is 11.9. The first-order valence-electron chi connectivity index (χ1n) is 5.75. The fraction of sp³-hybridized carbons (Fsp3) is 0.727. The van der Waals surface area contributed by atoms with Gasteiger partial charge in [-0.25, -0.2) is 8.42 Å². The van der Waals surface area contributed by atoms with Crippen molar-refractivity contribution in [2.45, 2.75) is 18.9 Å². The van der Waals surface area contributed by atoms with E-state index >= 15 is 0 Å². The fourth-order valence-electron chi connectivity index (χ4n) is 1.99. The van der Waals surface area contributed by atoms with E-state index in [0.29, 0.717) is 25.9 Å². The molecule has 1 unspecified atom stereocenters. The second-order valence-corrected chi connectivity index (χ2v) is 6.47. The van der Waals surface area contributed by atoms with Gasteiger partial charge in [0.2, 0.25) is 5.91 Å². The summed E-state index contributed by atoms with van der Waals surface area (Å²) in [7, 11) is -1.17. The lowest BCUT2D eigenvalue weighted by Crippen LogP contribution is -2.42. The van der Waals surface area contributed by atoms with Gasteiger partial charge in [-0.2, -0.15) is 0 Å². The Hall–Kier alpha value is -0.590. The number of halogens is 1. The Balaban J connectivity index is 0.00000289. The molecule has 1 atom stereocenters. The van der Waals surface area contributed by atoms with Gasteiger partial charge >= 0.3 is 0 Å². The Morgan fingerprint density at radius 1 is 1.56 bits per heavy atom. The molecule has 1 saturated heterocycles. The van der Waals surface area contributed by atoms with Gasteiger partial charge in [-0.3, -0.25) is 4.79 Å². The maximum atomic E-state index is 11.9. The van der Waals surface area contributed by atoms with Crippen LogP contribution in [0.2, 0.25) is 0 Å². The van der Waals surface area contributed by atoms with Crippen molar-refractivity contribution in [3.8, 4) is 0 Å². The summed E-state index contributed by atoms with van der Waals surface area (Å²) in [6, 6.07) is -0.178. The second-order valence-electron chi connectivity index (χ2n) is 4.25. The summed E-state index contributed by atoms with van der Waals surface area (Å²) in [5, 5.41) is 2.91. The van der Waals surface area contributed by atoms with Crippen LogP contribution in [0, 0.1) is 0 Å². The van der Waals surface area contributed by atoms with Crippen molar-refractivity contribution in [1.82, 2.24) is 10.2 Å². The lowest BCUT2D eigenvalue weighted by atomic mass is 10.2. The SMILES string of the molecule is C=CCN(C(=O)CCNC)C1CCS(=O)(=O)C1.Cl. The molecule has 5 nitrogen and oxygen atoms in total. The highest BCUT2D eigenvalue weighted by molar-refractivity contribution is 7.91. The Morgan fingerprint density at radius 2 is 2.22 bits per heavy atom. The van der Waals surface area contributed by atoms with E-state index in [4.69, 9.17) is 0 Å². The molecule has 1 amide bonds. The predicted octanol–water partition coefficient (Wildman–Crippen LogP) is 0.219. The Kier molecular flexibility index (Phi) is 7.51. The van der Waals surface area contributed by atoms with Gasteiger partial charge < -0.3 is 10.2 Å². The minimum absolute atomic E-state index is 0. The van der Waals surface area contributed by atoms with Crippen molar-refractivity contribution in [2.75, 3.05) is 31.6 Å². The summed E-state index contributed by atoms with van der Waals surface area (Å²) >= 11 is 0. The number of sulfone groups is 1. The van der Waals surface area contributed by atoms with Crippen LogP contribution in [0.15, 0.2) is 12.7 Å². The van der Waals surface area contributed by atoms with Gasteiger partial charge in [-0.1, -0.05) is 6.08 Å². The average Bonchev–Trinajstić information content (AvgIpc) is 2.63. The van der Waals surface area contributed by atoms with Crippen LogP contribution in [0.25, 0.3) is 0 Å². The minimum Gasteiger partial charge on any atom is -0.335 e. The topological polar surface area (TPSA) is 66.5 Å². The van der Waals surface area contributed by atoms with Gasteiger partial charge in [0.25, 0.3) is 0 Å². The molecule has 0 bridgehead atoms. The molecule has 1 heterocycles. The molecular weight excluding hydrogens is 276 g/mol. The number of hydrogen-bond acceptors (Lipinski definition) is 4. The van der Waals surface area contributed by atoms with Crippen molar-refractivity contribution >= 4 is 28.2 Å². The highest BCUT2D eigenvalue weighted by Crippen LogP contribution is 2.18. The molecular formula is C11H21ClN2O3S. The zero-order valence-corrected chi connectivity index (χ0v) is 12.2. The molecule has 0 spiro atoms. The molecule has 1 aliphatic rings. The lowest BCUT2D eigenvalue weighted by Gasteiger charge is -2.27. The van der Waals surface area contributed by atoms with Gasteiger partial charge in [-0.05, 0) is 13.5 Å². The predicted molar refractivity (Wildman–Crippen MR) is 74.8 cm³/mol. The lowest BCUT2D eigenvalue weighted by molar-refractivity contribution is -0.132. The molecule has 1 fully saturated rings. The summed E-state index contributed by atoms with van der Waals surface area (Å²) in [6.45, 7) is 4.63.